The number of rotatable bonds is 4. The number of hydrogen-bond donors (Lipinski definition) is 1. The minimum absolute atomic E-state index is 0.0657. The van der Waals surface area contributed by atoms with Gasteiger partial charge < -0.3 is 5.11 Å². The van der Waals surface area contributed by atoms with Crippen molar-refractivity contribution in [3.05, 3.63) is 0 Å². The van der Waals surface area contributed by atoms with Crippen LogP contribution in [-0.2, 0) is 14.4 Å². The second-order valence-corrected chi connectivity index (χ2v) is 6.48. The third kappa shape index (κ3) is 2.81. The number of carboxylic acid groups (broad SMARTS) is 1. The van der Waals surface area contributed by atoms with Crippen LogP contribution in [0.5, 0.6) is 0 Å². The molecule has 6 nitrogen and oxygen atoms in total. The monoisotopic (exact) mass is 296 g/mol. The highest BCUT2D eigenvalue weighted by molar-refractivity contribution is 6.05. The van der Waals surface area contributed by atoms with Gasteiger partial charge in [-0.3, -0.25) is 24.2 Å². The Morgan fingerprint density at radius 2 is 1.95 bits per heavy atom. The first-order valence-corrected chi connectivity index (χ1v) is 7.63. The Labute approximate surface area is 125 Å². The predicted octanol–water partition coefficient (Wildman–Crippen LogP) is 1.10. The van der Waals surface area contributed by atoms with Gasteiger partial charge in [0.25, 0.3) is 0 Å². The van der Waals surface area contributed by atoms with Gasteiger partial charge in [0, 0.05) is 19.1 Å². The van der Waals surface area contributed by atoms with Gasteiger partial charge in [-0.15, -0.1) is 0 Å². The summed E-state index contributed by atoms with van der Waals surface area (Å²) in [6, 6.07) is -0.464. The summed E-state index contributed by atoms with van der Waals surface area (Å²) in [5.41, 5.74) is -0.710. The summed E-state index contributed by atoms with van der Waals surface area (Å²) in [7, 11) is 0. The molecule has 2 saturated heterocycles. The highest BCUT2D eigenvalue weighted by atomic mass is 16.4. The number of carbonyl (C=O) groups is 3. The molecule has 2 unspecified atom stereocenters. The number of likely N-dealkylation sites (tertiary alicyclic amines) is 2. The van der Waals surface area contributed by atoms with Crippen molar-refractivity contribution in [3.63, 3.8) is 0 Å². The van der Waals surface area contributed by atoms with Crippen LogP contribution in [0.15, 0.2) is 0 Å². The minimum atomic E-state index is -0.780. The number of nitrogens with zero attached hydrogens (tertiary/aromatic N) is 2. The highest BCUT2D eigenvalue weighted by Gasteiger charge is 2.46. The summed E-state index contributed by atoms with van der Waals surface area (Å²) in [6.45, 7) is 6.70. The second kappa shape index (κ2) is 5.75. The zero-order valence-electron chi connectivity index (χ0n) is 13.0. The van der Waals surface area contributed by atoms with Gasteiger partial charge in [-0.2, -0.15) is 0 Å². The van der Waals surface area contributed by atoms with Crippen LogP contribution in [0.3, 0.4) is 0 Å². The van der Waals surface area contributed by atoms with E-state index >= 15 is 0 Å². The van der Waals surface area contributed by atoms with Crippen LogP contribution in [0.25, 0.3) is 0 Å². The standard InChI is InChI=1S/C15H24N2O4/c1-4-10(2)17-12(18)9-11(13(17)19)16-7-5-15(3,6-8-16)14(20)21/h10-11H,4-9H2,1-3H3,(H,20,21). The van der Waals surface area contributed by atoms with Gasteiger partial charge in [0.15, 0.2) is 0 Å². The quantitative estimate of drug-likeness (QED) is 0.786. The third-order valence-corrected chi connectivity index (χ3v) is 5.05. The van der Waals surface area contributed by atoms with Crippen molar-refractivity contribution in [3.8, 4) is 0 Å². The average molecular weight is 296 g/mol. The summed E-state index contributed by atoms with van der Waals surface area (Å²) < 4.78 is 0. The number of carbonyl (C=O) groups excluding carboxylic acids is 2. The second-order valence-electron chi connectivity index (χ2n) is 6.48. The Bertz CT molecular complexity index is 455. The summed E-state index contributed by atoms with van der Waals surface area (Å²) in [6.07, 6.45) is 2.02. The van der Waals surface area contributed by atoms with Crippen molar-refractivity contribution in [2.45, 2.75) is 58.5 Å². The van der Waals surface area contributed by atoms with E-state index in [9.17, 15) is 19.5 Å². The maximum absolute atomic E-state index is 12.5. The van der Waals surface area contributed by atoms with Gasteiger partial charge >= 0.3 is 5.97 Å². The van der Waals surface area contributed by atoms with Crippen LogP contribution in [-0.4, -0.2) is 57.9 Å². The van der Waals surface area contributed by atoms with E-state index in [2.05, 4.69) is 0 Å². The zero-order chi connectivity index (χ0) is 15.8. The number of amides is 2. The molecule has 21 heavy (non-hydrogen) atoms. The van der Waals surface area contributed by atoms with Crippen molar-refractivity contribution in [2.24, 2.45) is 5.41 Å². The van der Waals surface area contributed by atoms with E-state index in [1.807, 2.05) is 18.7 Å². The number of aliphatic carboxylic acids is 1. The van der Waals surface area contributed by atoms with E-state index in [0.29, 0.717) is 25.9 Å². The molecule has 118 valence electrons. The van der Waals surface area contributed by atoms with E-state index in [1.165, 1.54) is 4.90 Å². The normalized spacial score (nSPS) is 28.0. The minimum Gasteiger partial charge on any atom is -0.481 e. The van der Waals surface area contributed by atoms with Crippen LogP contribution in [0.2, 0.25) is 0 Å². The molecule has 0 aliphatic carbocycles. The van der Waals surface area contributed by atoms with Crippen molar-refractivity contribution in [1.29, 1.82) is 0 Å². The number of piperidine rings is 1. The lowest BCUT2D eigenvalue weighted by atomic mass is 9.80. The Hall–Kier alpha value is -1.43. The summed E-state index contributed by atoms with van der Waals surface area (Å²) >= 11 is 0. The van der Waals surface area contributed by atoms with Gasteiger partial charge in [-0.05, 0) is 33.1 Å². The molecular weight excluding hydrogens is 272 g/mol. The fourth-order valence-corrected chi connectivity index (χ4v) is 3.11. The van der Waals surface area contributed by atoms with Crippen LogP contribution >= 0.6 is 0 Å². The fraction of sp³-hybridized carbons (Fsp3) is 0.800. The first-order valence-electron chi connectivity index (χ1n) is 7.63. The molecule has 2 aliphatic rings. The van der Waals surface area contributed by atoms with Crippen LogP contribution in [0, 0.1) is 5.41 Å². The van der Waals surface area contributed by atoms with Gasteiger partial charge in [0.05, 0.1) is 17.9 Å². The largest absolute Gasteiger partial charge is 0.481 e. The maximum atomic E-state index is 12.5. The lowest BCUT2D eigenvalue weighted by molar-refractivity contribution is -0.151. The number of carboxylic acids is 1. The molecule has 2 atom stereocenters. The Kier molecular flexibility index (Phi) is 4.37. The Balaban J connectivity index is 2.03. The molecule has 2 amide bonds. The average Bonchev–Trinajstić information content (AvgIpc) is 2.74. The van der Waals surface area contributed by atoms with E-state index in [4.69, 9.17) is 0 Å². The van der Waals surface area contributed by atoms with Gasteiger partial charge in [-0.1, -0.05) is 6.92 Å². The van der Waals surface area contributed by atoms with Gasteiger partial charge in [0.1, 0.15) is 0 Å². The third-order valence-electron chi connectivity index (χ3n) is 5.05. The Morgan fingerprint density at radius 1 is 1.38 bits per heavy atom. The van der Waals surface area contributed by atoms with Crippen molar-refractivity contribution in [2.75, 3.05) is 13.1 Å². The summed E-state index contributed by atoms with van der Waals surface area (Å²) in [5, 5.41) is 9.24. The summed E-state index contributed by atoms with van der Waals surface area (Å²) in [5.74, 6) is -1.00. The van der Waals surface area contributed by atoms with Crippen molar-refractivity contribution in [1.82, 2.24) is 9.80 Å². The molecule has 2 rings (SSSR count). The fourth-order valence-electron chi connectivity index (χ4n) is 3.11. The molecule has 2 heterocycles. The molecule has 0 aromatic carbocycles. The molecule has 0 spiro atoms. The highest BCUT2D eigenvalue weighted by Crippen LogP contribution is 2.34. The SMILES string of the molecule is CCC(C)N1C(=O)CC(N2CCC(C)(C(=O)O)CC2)C1=O. The topological polar surface area (TPSA) is 77.9 Å². The molecule has 0 radical (unpaired) electrons. The Morgan fingerprint density at radius 3 is 2.43 bits per heavy atom. The van der Waals surface area contributed by atoms with Crippen molar-refractivity contribution < 1.29 is 19.5 Å². The number of imide groups is 1. The van der Waals surface area contributed by atoms with Crippen LogP contribution in [0.1, 0.15) is 46.5 Å². The van der Waals surface area contributed by atoms with E-state index < -0.39 is 17.4 Å². The molecule has 0 bridgehead atoms. The summed E-state index contributed by atoms with van der Waals surface area (Å²) in [4.78, 5) is 39.1. The van der Waals surface area contributed by atoms with E-state index in [1.54, 1.807) is 6.92 Å². The molecule has 2 fully saturated rings. The lowest BCUT2D eigenvalue weighted by Crippen LogP contribution is -2.50. The lowest BCUT2D eigenvalue weighted by Gasteiger charge is -2.38. The van der Waals surface area contributed by atoms with Crippen LogP contribution < -0.4 is 0 Å². The smallest absolute Gasteiger partial charge is 0.309 e. The zero-order valence-corrected chi connectivity index (χ0v) is 13.0. The predicted molar refractivity (Wildman–Crippen MR) is 76.6 cm³/mol. The van der Waals surface area contributed by atoms with Crippen molar-refractivity contribution >= 4 is 17.8 Å². The first kappa shape index (κ1) is 15.9. The maximum Gasteiger partial charge on any atom is 0.309 e. The van der Waals surface area contributed by atoms with E-state index in [0.717, 1.165) is 6.42 Å². The molecule has 2 aliphatic heterocycles. The molecule has 0 aromatic rings. The molecule has 0 aromatic heterocycles. The molecule has 1 N–H and O–H groups in total. The van der Waals surface area contributed by atoms with Gasteiger partial charge in [-0.25, -0.2) is 0 Å². The molecule has 0 saturated carbocycles. The van der Waals surface area contributed by atoms with Crippen LogP contribution in [0.4, 0.5) is 0 Å². The molecular formula is C15H24N2O4. The van der Waals surface area contributed by atoms with Gasteiger partial charge in [0.2, 0.25) is 11.8 Å². The van der Waals surface area contributed by atoms with E-state index in [-0.39, 0.29) is 24.3 Å². The molecule has 6 heteroatoms. The first-order chi connectivity index (χ1) is 9.80. The number of hydrogen-bond acceptors (Lipinski definition) is 4.